The van der Waals surface area contributed by atoms with Gasteiger partial charge in [-0.05, 0) is 37.8 Å². The molecule has 0 aromatic carbocycles. The molecule has 1 spiro atoms. The Hall–Kier alpha value is -1.47. The second-order valence-electron chi connectivity index (χ2n) is 5.52. The fourth-order valence-corrected chi connectivity index (χ4v) is 3.68. The first-order valence-corrected chi connectivity index (χ1v) is 7.65. The van der Waals surface area contributed by atoms with Crippen LogP contribution in [-0.4, -0.2) is 35.1 Å². The maximum Gasteiger partial charge on any atom is 0.355 e. The fraction of sp³-hybridized carbons (Fsp3) is 0.615. The molecule has 2 heterocycles. The Morgan fingerprint density at radius 1 is 1.50 bits per heavy atom. The molecule has 0 radical (unpaired) electrons. The Morgan fingerprint density at radius 3 is 2.90 bits per heavy atom. The van der Waals surface area contributed by atoms with Gasteiger partial charge in [-0.1, -0.05) is 0 Å². The Morgan fingerprint density at radius 2 is 2.25 bits per heavy atom. The summed E-state index contributed by atoms with van der Waals surface area (Å²) >= 11 is 1.26. The standard InChI is InChI=1S/C13H17N3O3S/c17-11(8-5-13(8)1-3-14-4-2-13)15-6-10-16-9(7-20-10)12(18)19/h7-8,14H,1-6H2,(H,15,17)(H,18,19). The third kappa shape index (κ3) is 2.55. The van der Waals surface area contributed by atoms with Crippen LogP contribution in [0.3, 0.4) is 0 Å². The molecule has 1 aromatic heterocycles. The molecule has 108 valence electrons. The molecule has 2 aliphatic rings. The van der Waals surface area contributed by atoms with Crippen LogP contribution in [0.5, 0.6) is 0 Å². The summed E-state index contributed by atoms with van der Waals surface area (Å²) in [4.78, 5) is 26.8. The van der Waals surface area contributed by atoms with Crippen LogP contribution >= 0.6 is 11.3 Å². The highest BCUT2D eigenvalue weighted by Gasteiger charge is 2.57. The lowest BCUT2D eigenvalue weighted by atomic mass is 9.92. The van der Waals surface area contributed by atoms with E-state index in [1.807, 2.05) is 0 Å². The van der Waals surface area contributed by atoms with Crippen molar-refractivity contribution < 1.29 is 14.7 Å². The molecule has 1 aromatic rings. The van der Waals surface area contributed by atoms with Gasteiger partial charge in [0.1, 0.15) is 5.01 Å². The Balaban J connectivity index is 1.51. The predicted octanol–water partition coefficient (Wildman–Crippen LogP) is 0.847. The Kier molecular flexibility index (Phi) is 3.47. The van der Waals surface area contributed by atoms with E-state index in [0.29, 0.717) is 11.6 Å². The molecule has 1 saturated heterocycles. The molecule has 6 nitrogen and oxygen atoms in total. The van der Waals surface area contributed by atoms with Gasteiger partial charge in [0.15, 0.2) is 5.69 Å². The zero-order chi connectivity index (χ0) is 14.2. The van der Waals surface area contributed by atoms with Gasteiger partial charge in [0.25, 0.3) is 0 Å². The molecule has 7 heteroatoms. The van der Waals surface area contributed by atoms with Gasteiger partial charge in [0.05, 0.1) is 6.54 Å². The van der Waals surface area contributed by atoms with Crippen LogP contribution in [0.4, 0.5) is 0 Å². The minimum atomic E-state index is -1.03. The van der Waals surface area contributed by atoms with E-state index in [4.69, 9.17) is 5.11 Å². The third-order valence-electron chi connectivity index (χ3n) is 4.29. The lowest BCUT2D eigenvalue weighted by Gasteiger charge is -2.23. The maximum absolute atomic E-state index is 12.1. The first-order valence-electron chi connectivity index (χ1n) is 6.77. The molecule has 3 rings (SSSR count). The molecule has 1 aliphatic heterocycles. The van der Waals surface area contributed by atoms with Crippen LogP contribution in [0.25, 0.3) is 0 Å². The average molecular weight is 295 g/mol. The molecule has 1 amide bonds. The van der Waals surface area contributed by atoms with Crippen LogP contribution in [0, 0.1) is 11.3 Å². The van der Waals surface area contributed by atoms with Gasteiger partial charge in [-0.25, -0.2) is 9.78 Å². The lowest BCUT2D eigenvalue weighted by Crippen LogP contribution is -2.33. The summed E-state index contributed by atoms with van der Waals surface area (Å²) in [7, 11) is 0. The average Bonchev–Trinajstić information content (AvgIpc) is 2.92. The highest BCUT2D eigenvalue weighted by atomic mass is 32.1. The minimum Gasteiger partial charge on any atom is -0.476 e. The number of aromatic carboxylic acids is 1. The van der Waals surface area contributed by atoms with Crippen LogP contribution < -0.4 is 10.6 Å². The summed E-state index contributed by atoms with van der Waals surface area (Å²) in [5.74, 6) is -0.822. The fourth-order valence-electron chi connectivity index (χ4n) is 2.97. The zero-order valence-electron chi connectivity index (χ0n) is 11.0. The van der Waals surface area contributed by atoms with Crippen LogP contribution in [0.1, 0.15) is 34.8 Å². The SMILES string of the molecule is O=C(O)c1csc(CNC(=O)C2CC23CCNCC3)n1. The number of carboxylic acids is 1. The predicted molar refractivity (Wildman–Crippen MR) is 73.6 cm³/mol. The van der Waals surface area contributed by atoms with Crippen LogP contribution in [-0.2, 0) is 11.3 Å². The summed E-state index contributed by atoms with van der Waals surface area (Å²) in [6, 6.07) is 0. The van der Waals surface area contributed by atoms with Gasteiger partial charge in [-0.2, -0.15) is 0 Å². The van der Waals surface area contributed by atoms with E-state index in [1.165, 1.54) is 16.7 Å². The summed E-state index contributed by atoms with van der Waals surface area (Å²) in [5.41, 5.74) is 0.269. The smallest absolute Gasteiger partial charge is 0.355 e. The number of carboxylic acid groups (broad SMARTS) is 1. The summed E-state index contributed by atoms with van der Waals surface area (Å²) in [5, 5.41) is 17.1. The topological polar surface area (TPSA) is 91.3 Å². The molecular weight excluding hydrogens is 278 g/mol. The van der Waals surface area contributed by atoms with Gasteiger partial charge in [-0.15, -0.1) is 11.3 Å². The van der Waals surface area contributed by atoms with E-state index in [0.717, 1.165) is 32.4 Å². The number of nitrogens with one attached hydrogen (secondary N) is 2. The number of thiazole rings is 1. The van der Waals surface area contributed by atoms with Gasteiger partial charge < -0.3 is 15.7 Å². The monoisotopic (exact) mass is 295 g/mol. The number of aromatic nitrogens is 1. The highest BCUT2D eigenvalue weighted by Crippen LogP contribution is 2.58. The lowest BCUT2D eigenvalue weighted by molar-refractivity contribution is -0.123. The van der Waals surface area contributed by atoms with E-state index >= 15 is 0 Å². The number of nitrogens with zero attached hydrogens (tertiary/aromatic N) is 1. The first kappa shape index (κ1) is 13.5. The largest absolute Gasteiger partial charge is 0.476 e. The summed E-state index contributed by atoms with van der Waals surface area (Å²) < 4.78 is 0. The van der Waals surface area contributed by atoms with Crippen molar-refractivity contribution in [1.29, 1.82) is 0 Å². The highest BCUT2D eigenvalue weighted by molar-refractivity contribution is 7.09. The molecule has 1 atom stereocenters. The molecule has 2 fully saturated rings. The van der Waals surface area contributed by atoms with Crippen molar-refractivity contribution in [3.8, 4) is 0 Å². The third-order valence-corrected chi connectivity index (χ3v) is 5.14. The Bertz CT molecular complexity index is 537. The summed E-state index contributed by atoms with van der Waals surface area (Å²) in [6.07, 6.45) is 3.13. The van der Waals surface area contributed by atoms with E-state index in [1.54, 1.807) is 0 Å². The van der Waals surface area contributed by atoms with Gasteiger partial charge in [0, 0.05) is 11.3 Å². The molecule has 0 bridgehead atoms. The van der Waals surface area contributed by atoms with Crippen molar-refractivity contribution >= 4 is 23.2 Å². The summed E-state index contributed by atoms with van der Waals surface area (Å²) in [6.45, 7) is 2.32. The molecule has 1 saturated carbocycles. The normalized spacial score (nSPS) is 23.5. The zero-order valence-corrected chi connectivity index (χ0v) is 11.8. The van der Waals surface area contributed by atoms with E-state index < -0.39 is 5.97 Å². The molecule has 1 aliphatic carbocycles. The quantitative estimate of drug-likeness (QED) is 0.766. The maximum atomic E-state index is 12.1. The van der Waals surface area contributed by atoms with Gasteiger partial charge in [0.2, 0.25) is 5.91 Å². The van der Waals surface area contributed by atoms with Crippen molar-refractivity contribution in [2.24, 2.45) is 11.3 Å². The molecule has 1 unspecified atom stereocenters. The number of rotatable bonds is 4. The molecule has 3 N–H and O–H groups in total. The van der Waals surface area contributed by atoms with Crippen molar-refractivity contribution in [2.75, 3.05) is 13.1 Å². The number of carbonyl (C=O) groups excluding carboxylic acids is 1. The number of amides is 1. The van der Waals surface area contributed by atoms with Crippen molar-refractivity contribution in [3.05, 3.63) is 16.1 Å². The van der Waals surface area contributed by atoms with Crippen molar-refractivity contribution in [1.82, 2.24) is 15.6 Å². The number of hydrogen-bond donors (Lipinski definition) is 3. The second-order valence-corrected chi connectivity index (χ2v) is 6.46. The molecule has 20 heavy (non-hydrogen) atoms. The van der Waals surface area contributed by atoms with Crippen LogP contribution in [0.2, 0.25) is 0 Å². The second kappa shape index (κ2) is 5.14. The van der Waals surface area contributed by atoms with E-state index in [-0.39, 0.29) is 22.9 Å². The molecular formula is C13H17N3O3S. The minimum absolute atomic E-state index is 0.0421. The Labute approximate surface area is 120 Å². The van der Waals surface area contributed by atoms with Crippen molar-refractivity contribution in [2.45, 2.75) is 25.8 Å². The van der Waals surface area contributed by atoms with E-state index in [9.17, 15) is 9.59 Å². The number of piperidine rings is 1. The van der Waals surface area contributed by atoms with Gasteiger partial charge >= 0.3 is 5.97 Å². The first-order chi connectivity index (χ1) is 9.61. The van der Waals surface area contributed by atoms with Gasteiger partial charge in [-0.3, -0.25) is 4.79 Å². The number of hydrogen-bond acceptors (Lipinski definition) is 5. The van der Waals surface area contributed by atoms with Crippen LogP contribution in [0.15, 0.2) is 5.38 Å². The number of carbonyl (C=O) groups is 2. The van der Waals surface area contributed by atoms with E-state index in [2.05, 4.69) is 15.6 Å². The van der Waals surface area contributed by atoms with Crippen molar-refractivity contribution in [3.63, 3.8) is 0 Å².